The second kappa shape index (κ2) is 5.56. The molecule has 0 spiro atoms. The van der Waals surface area contributed by atoms with Crippen molar-refractivity contribution in [2.24, 2.45) is 0 Å². The normalized spacial score (nSPS) is 24.9. The summed E-state index contributed by atoms with van der Waals surface area (Å²) in [6.07, 6.45) is 1.26. The molecule has 0 radical (unpaired) electrons. The minimum absolute atomic E-state index is 0.321. The summed E-state index contributed by atoms with van der Waals surface area (Å²) in [7, 11) is 0. The van der Waals surface area contributed by atoms with Crippen LogP contribution in [0.1, 0.15) is 31.4 Å². The van der Waals surface area contributed by atoms with Crippen molar-refractivity contribution in [3.05, 3.63) is 35.4 Å². The molecule has 17 heavy (non-hydrogen) atoms. The summed E-state index contributed by atoms with van der Waals surface area (Å²) >= 11 is 0. The van der Waals surface area contributed by atoms with Gasteiger partial charge in [-0.3, -0.25) is 0 Å². The van der Waals surface area contributed by atoms with Gasteiger partial charge in [0, 0.05) is 18.2 Å². The van der Waals surface area contributed by atoms with E-state index >= 15 is 0 Å². The quantitative estimate of drug-likeness (QED) is 0.878. The van der Waals surface area contributed by atoms with E-state index in [2.05, 4.69) is 5.32 Å². The molecular formula is C13H17F2NO. The fraction of sp³-hybridized carbons (Fsp3) is 0.538. The molecule has 1 aliphatic heterocycles. The Kier molecular flexibility index (Phi) is 4.07. The van der Waals surface area contributed by atoms with Crippen LogP contribution in [0.2, 0.25) is 0 Å². The second-order valence-electron chi connectivity index (χ2n) is 4.30. The second-order valence-corrected chi connectivity index (χ2v) is 4.30. The average Bonchev–Trinajstić information content (AvgIpc) is 2.33. The van der Waals surface area contributed by atoms with Gasteiger partial charge in [0.25, 0.3) is 0 Å². The Morgan fingerprint density at radius 2 is 2.24 bits per heavy atom. The highest BCUT2D eigenvalue weighted by Gasteiger charge is 2.25. The maximum absolute atomic E-state index is 13.6. The highest BCUT2D eigenvalue weighted by molar-refractivity contribution is 5.21. The predicted octanol–water partition coefficient (Wildman–Crippen LogP) is 2.79. The minimum atomic E-state index is -0.421. The van der Waals surface area contributed by atoms with Crippen LogP contribution in [0.5, 0.6) is 0 Å². The van der Waals surface area contributed by atoms with Crippen LogP contribution in [-0.4, -0.2) is 19.2 Å². The number of ether oxygens (including phenoxy) is 1. The van der Waals surface area contributed by atoms with Gasteiger partial charge in [-0.25, -0.2) is 8.78 Å². The summed E-state index contributed by atoms with van der Waals surface area (Å²) in [5.41, 5.74) is 0.326. The van der Waals surface area contributed by atoms with Crippen LogP contribution in [0, 0.1) is 11.6 Å². The Hall–Kier alpha value is -1.00. The lowest BCUT2D eigenvalue weighted by molar-refractivity contribution is -0.00151. The minimum Gasteiger partial charge on any atom is -0.373 e. The van der Waals surface area contributed by atoms with Crippen LogP contribution in [0.4, 0.5) is 8.78 Å². The van der Waals surface area contributed by atoms with Gasteiger partial charge in [0.15, 0.2) is 0 Å². The topological polar surface area (TPSA) is 21.3 Å². The number of rotatable bonds is 3. The molecule has 94 valence electrons. The fourth-order valence-electron chi connectivity index (χ4n) is 2.25. The Bertz CT molecular complexity index is 382. The molecule has 1 heterocycles. The van der Waals surface area contributed by atoms with E-state index in [-0.39, 0.29) is 6.10 Å². The first-order chi connectivity index (χ1) is 8.20. The van der Waals surface area contributed by atoms with Crippen molar-refractivity contribution in [1.29, 1.82) is 0 Å². The number of hydrogen-bond donors (Lipinski definition) is 1. The van der Waals surface area contributed by atoms with Gasteiger partial charge in [0.1, 0.15) is 11.6 Å². The van der Waals surface area contributed by atoms with E-state index in [4.69, 9.17) is 4.74 Å². The van der Waals surface area contributed by atoms with Crippen molar-refractivity contribution < 1.29 is 13.5 Å². The molecule has 2 atom stereocenters. The number of benzene rings is 1. The van der Waals surface area contributed by atoms with Crippen molar-refractivity contribution in [2.45, 2.75) is 31.9 Å². The summed E-state index contributed by atoms with van der Waals surface area (Å²) in [6, 6.07) is 3.84. The highest BCUT2D eigenvalue weighted by atomic mass is 19.1. The third-order valence-corrected chi connectivity index (χ3v) is 3.08. The van der Waals surface area contributed by atoms with Crippen molar-refractivity contribution in [3.63, 3.8) is 0 Å². The molecule has 0 aromatic heterocycles. The lowest BCUT2D eigenvalue weighted by Gasteiger charge is -2.30. The molecule has 0 saturated carbocycles. The first-order valence-corrected chi connectivity index (χ1v) is 6.00. The van der Waals surface area contributed by atoms with Crippen LogP contribution in [0.25, 0.3) is 0 Å². The SMILES string of the molecule is CCNC1CCOC(c2cc(F)ccc2F)C1. The predicted molar refractivity (Wildman–Crippen MR) is 61.7 cm³/mol. The molecule has 0 bridgehead atoms. The van der Waals surface area contributed by atoms with Crippen LogP contribution in [0.3, 0.4) is 0 Å². The van der Waals surface area contributed by atoms with E-state index in [9.17, 15) is 8.78 Å². The smallest absolute Gasteiger partial charge is 0.129 e. The Balaban J connectivity index is 2.13. The Morgan fingerprint density at radius 3 is 3.00 bits per heavy atom. The van der Waals surface area contributed by atoms with Crippen LogP contribution >= 0.6 is 0 Å². The van der Waals surface area contributed by atoms with Crippen molar-refractivity contribution in [1.82, 2.24) is 5.32 Å². The van der Waals surface area contributed by atoms with Gasteiger partial charge < -0.3 is 10.1 Å². The summed E-state index contributed by atoms with van der Waals surface area (Å²) in [6.45, 7) is 3.49. The zero-order valence-electron chi connectivity index (χ0n) is 9.88. The molecule has 2 rings (SSSR count). The van der Waals surface area contributed by atoms with Crippen molar-refractivity contribution in [3.8, 4) is 0 Å². The van der Waals surface area contributed by atoms with Crippen LogP contribution < -0.4 is 5.32 Å². The maximum Gasteiger partial charge on any atom is 0.129 e. The molecule has 1 aromatic carbocycles. The lowest BCUT2D eigenvalue weighted by Crippen LogP contribution is -2.36. The Labute approximate surface area is 100.0 Å². The summed E-state index contributed by atoms with van der Waals surface area (Å²) in [4.78, 5) is 0. The molecule has 0 aliphatic carbocycles. The van der Waals surface area contributed by atoms with E-state index < -0.39 is 11.6 Å². The van der Waals surface area contributed by atoms with Gasteiger partial charge in [-0.2, -0.15) is 0 Å². The summed E-state index contributed by atoms with van der Waals surface area (Å²) in [5.74, 6) is -0.816. The van der Waals surface area contributed by atoms with Crippen LogP contribution in [-0.2, 0) is 4.74 Å². The molecule has 1 N–H and O–H groups in total. The fourth-order valence-corrected chi connectivity index (χ4v) is 2.25. The molecule has 1 aromatic rings. The van der Waals surface area contributed by atoms with Gasteiger partial charge in [0.2, 0.25) is 0 Å². The summed E-state index contributed by atoms with van der Waals surface area (Å²) in [5, 5.41) is 3.32. The van der Waals surface area contributed by atoms with E-state index in [1.54, 1.807) is 0 Å². The number of hydrogen-bond acceptors (Lipinski definition) is 2. The maximum atomic E-state index is 13.6. The van der Waals surface area contributed by atoms with Gasteiger partial charge in [-0.15, -0.1) is 0 Å². The largest absolute Gasteiger partial charge is 0.373 e. The average molecular weight is 241 g/mol. The first kappa shape index (κ1) is 12.5. The van der Waals surface area contributed by atoms with E-state index in [0.29, 0.717) is 24.6 Å². The summed E-state index contributed by atoms with van der Waals surface area (Å²) < 4.78 is 32.2. The monoisotopic (exact) mass is 241 g/mol. The Morgan fingerprint density at radius 1 is 1.41 bits per heavy atom. The number of nitrogens with one attached hydrogen (secondary N) is 1. The zero-order chi connectivity index (χ0) is 12.3. The molecule has 4 heteroatoms. The lowest BCUT2D eigenvalue weighted by atomic mass is 9.97. The number of halogens is 2. The zero-order valence-corrected chi connectivity index (χ0v) is 9.88. The molecule has 1 saturated heterocycles. The van der Waals surface area contributed by atoms with Gasteiger partial charge in [-0.1, -0.05) is 6.92 Å². The van der Waals surface area contributed by atoms with Gasteiger partial charge in [0.05, 0.1) is 6.10 Å². The van der Waals surface area contributed by atoms with E-state index in [1.165, 1.54) is 6.07 Å². The molecular weight excluding hydrogens is 224 g/mol. The van der Waals surface area contributed by atoms with Gasteiger partial charge in [-0.05, 0) is 37.6 Å². The van der Waals surface area contributed by atoms with Gasteiger partial charge >= 0.3 is 0 Å². The first-order valence-electron chi connectivity index (χ1n) is 6.00. The standard InChI is InChI=1S/C13H17F2NO/c1-2-16-10-5-6-17-13(8-10)11-7-9(14)3-4-12(11)15/h3-4,7,10,13,16H,2,5-6,8H2,1H3. The third-order valence-electron chi connectivity index (χ3n) is 3.08. The third kappa shape index (κ3) is 3.01. The van der Waals surface area contributed by atoms with Crippen molar-refractivity contribution >= 4 is 0 Å². The molecule has 1 fully saturated rings. The van der Waals surface area contributed by atoms with Crippen LogP contribution in [0.15, 0.2) is 18.2 Å². The molecule has 2 unspecified atom stereocenters. The van der Waals surface area contributed by atoms with E-state index in [1.807, 2.05) is 6.92 Å². The van der Waals surface area contributed by atoms with E-state index in [0.717, 1.165) is 25.1 Å². The molecule has 1 aliphatic rings. The highest BCUT2D eigenvalue weighted by Crippen LogP contribution is 2.30. The van der Waals surface area contributed by atoms with Crippen molar-refractivity contribution in [2.75, 3.05) is 13.2 Å². The molecule has 0 amide bonds. The molecule has 2 nitrogen and oxygen atoms in total.